The van der Waals surface area contributed by atoms with E-state index in [4.69, 9.17) is 5.73 Å². The number of benzene rings is 2. The molecule has 0 spiro atoms. The van der Waals surface area contributed by atoms with E-state index < -0.39 is 0 Å². The van der Waals surface area contributed by atoms with Gasteiger partial charge in [0.25, 0.3) is 0 Å². The highest BCUT2D eigenvalue weighted by atomic mass is 32.1. The van der Waals surface area contributed by atoms with Gasteiger partial charge in [0.05, 0.1) is 12.5 Å². The van der Waals surface area contributed by atoms with Crippen LogP contribution < -0.4 is 5.73 Å². The van der Waals surface area contributed by atoms with Crippen LogP contribution in [0.1, 0.15) is 4.88 Å². The molecule has 1 aromatic heterocycles. The topological polar surface area (TPSA) is 66.3 Å². The number of rotatable bonds is 3. The molecule has 26 heavy (non-hydrogen) atoms. The molecule has 128 valence electrons. The zero-order valence-electron chi connectivity index (χ0n) is 14.0. The molecule has 0 saturated carbocycles. The van der Waals surface area contributed by atoms with Gasteiger partial charge in [-0.15, -0.1) is 11.3 Å². The number of nitrogens with two attached hydrogens (primary N) is 1. The number of fused-ring (bicyclic) bond motifs is 2. The number of hydrazone groups is 1. The fraction of sp³-hybridized carbons (Fsp3) is 0.150. The van der Waals surface area contributed by atoms with Gasteiger partial charge in [0, 0.05) is 26.7 Å². The lowest BCUT2D eigenvalue weighted by Crippen LogP contribution is -2.39. The summed E-state index contributed by atoms with van der Waals surface area (Å²) < 4.78 is 1.29. The minimum atomic E-state index is -0.0960. The summed E-state index contributed by atoms with van der Waals surface area (Å²) in [5.41, 5.74) is 8.51. The fourth-order valence-electron chi connectivity index (χ4n) is 3.55. The predicted molar refractivity (Wildman–Crippen MR) is 109 cm³/mol. The highest BCUT2D eigenvalue weighted by Gasteiger charge is 2.35. The first-order valence-electron chi connectivity index (χ1n) is 8.52. The third-order valence-corrected chi connectivity index (χ3v) is 5.96. The molecule has 2 N–H and O–H groups in total. The molecule has 0 radical (unpaired) electrons. The molecular weight excluding hydrogens is 342 g/mol. The zero-order valence-corrected chi connectivity index (χ0v) is 14.8. The summed E-state index contributed by atoms with van der Waals surface area (Å²) in [6.45, 7) is 0.700. The SMILES string of the molecule is NC1=NC=NC2C1C=NN2Cc1sc2ccccc2c1-c1ccccc1. The second-order valence-electron chi connectivity index (χ2n) is 6.38. The summed E-state index contributed by atoms with van der Waals surface area (Å²) in [6, 6.07) is 19.1. The van der Waals surface area contributed by atoms with Crippen molar-refractivity contribution in [1.82, 2.24) is 5.01 Å². The molecule has 2 unspecified atom stereocenters. The fourth-order valence-corrected chi connectivity index (χ4v) is 4.77. The van der Waals surface area contributed by atoms with Crippen molar-refractivity contribution in [3.63, 3.8) is 0 Å². The molecule has 2 atom stereocenters. The van der Waals surface area contributed by atoms with E-state index in [1.165, 1.54) is 26.1 Å². The summed E-state index contributed by atoms with van der Waals surface area (Å²) >= 11 is 1.82. The molecule has 5 rings (SSSR count). The van der Waals surface area contributed by atoms with Gasteiger partial charge in [-0.3, -0.25) is 5.01 Å². The van der Waals surface area contributed by atoms with Gasteiger partial charge in [-0.2, -0.15) is 5.10 Å². The zero-order chi connectivity index (χ0) is 17.5. The third-order valence-electron chi connectivity index (χ3n) is 4.81. The van der Waals surface area contributed by atoms with Gasteiger partial charge in [-0.25, -0.2) is 9.98 Å². The Labute approximate surface area is 155 Å². The molecule has 2 aliphatic heterocycles. The van der Waals surface area contributed by atoms with E-state index in [0.29, 0.717) is 12.4 Å². The minimum Gasteiger partial charge on any atom is -0.386 e. The van der Waals surface area contributed by atoms with Gasteiger partial charge >= 0.3 is 0 Å². The summed E-state index contributed by atoms with van der Waals surface area (Å²) in [7, 11) is 0. The van der Waals surface area contributed by atoms with Gasteiger partial charge in [-0.05, 0) is 11.6 Å². The standard InChI is InChI=1S/C20H17N5S/c21-19-15-10-24-25(20(15)23-12-22-19)11-17-18(13-6-2-1-3-7-13)14-8-4-5-9-16(14)26-17/h1-10,12,15,20H,11H2,(H2,21,22,23). The lowest BCUT2D eigenvalue weighted by Gasteiger charge is -2.25. The van der Waals surface area contributed by atoms with E-state index in [1.807, 2.05) is 28.6 Å². The summed E-state index contributed by atoms with van der Waals surface area (Å²) in [4.78, 5) is 9.87. The van der Waals surface area contributed by atoms with Crippen molar-refractivity contribution in [2.24, 2.45) is 26.7 Å². The maximum atomic E-state index is 6.00. The van der Waals surface area contributed by atoms with Crippen LogP contribution in [0.3, 0.4) is 0 Å². The average molecular weight is 359 g/mol. The van der Waals surface area contributed by atoms with Crippen LogP contribution in [0.25, 0.3) is 21.2 Å². The van der Waals surface area contributed by atoms with Crippen molar-refractivity contribution >= 4 is 39.8 Å². The van der Waals surface area contributed by atoms with Crippen LogP contribution in [0.4, 0.5) is 0 Å². The van der Waals surface area contributed by atoms with E-state index in [2.05, 4.69) is 63.6 Å². The van der Waals surface area contributed by atoms with Crippen LogP contribution in [0.15, 0.2) is 69.7 Å². The molecule has 3 aromatic rings. The van der Waals surface area contributed by atoms with Crippen LogP contribution in [0.2, 0.25) is 0 Å². The molecule has 0 amide bonds. The Morgan fingerprint density at radius 1 is 1.04 bits per heavy atom. The first-order chi connectivity index (χ1) is 12.8. The predicted octanol–water partition coefficient (Wildman–Crippen LogP) is 3.71. The van der Waals surface area contributed by atoms with E-state index in [9.17, 15) is 0 Å². The van der Waals surface area contributed by atoms with Gasteiger partial charge in [0.1, 0.15) is 12.2 Å². The highest BCUT2D eigenvalue weighted by molar-refractivity contribution is 7.19. The van der Waals surface area contributed by atoms with Gasteiger partial charge < -0.3 is 5.73 Å². The number of nitrogens with zero attached hydrogens (tertiary/aromatic N) is 4. The third kappa shape index (κ3) is 2.42. The Balaban J connectivity index is 1.57. The quantitative estimate of drug-likeness (QED) is 0.775. The molecular formula is C20H17N5S. The molecule has 5 nitrogen and oxygen atoms in total. The van der Waals surface area contributed by atoms with Crippen molar-refractivity contribution in [1.29, 1.82) is 0 Å². The van der Waals surface area contributed by atoms with Crippen molar-refractivity contribution < 1.29 is 0 Å². The van der Waals surface area contributed by atoms with Crippen LogP contribution >= 0.6 is 11.3 Å². The van der Waals surface area contributed by atoms with E-state index in [-0.39, 0.29) is 12.1 Å². The smallest absolute Gasteiger partial charge is 0.153 e. The van der Waals surface area contributed by atoms with Crippen LogP contribution in [0.5, 0.6) is 0 Å². The molecule has 0 saturated heterocycles. The molecule has 2 aliphatic rings. The van der Waals surface area contributed by atoms with Crippen molar-refractivity contribution in [2.45, 2.75) is 12.7 Å². The Hall–Kier alpha value is -2.99. The van der Waals surface area contributed by atoms with Crippen LogP contribution in [-0.2, 0) is 6.54 Å². The molecule has 6 heteroatoms. The largest absolute Gasteiger partial charge is 0.386 e. The first-order valence-corrected chi connectivity index (χ1v) is 9.34. The van der Waals surface area contributed by atoms with Crippen LogP contribution in [-0.4, -0.2) is 29.6 Å². The molecule has 0 aliphatic carbocycles. The summed E-state index contributed by atoms with van der Waals surface area (Å²) in [5, 5.41) is 7.87. The van der Waals surface area contributed by atoms with Gasteiger partial charge in [0.15, 0.2) is 6.17 Å². The second-order valence-corrected chi connectivity index (χ2v) is 7.52. The minimum absolute atomic E-state index is 0.0328. The molecule has 3 heterocycles. The van der Waals surface area contributed by atoms with Crippen molar-refractivity contribution in [3.8, 4) is 11.1 Å². The van der Waals surface area contributed by atoms with Gasteiger partial charge in [0.2, 0.25) is 0 Å². The highest BCUT2D eigenvalue weighted by Crippen LogP contribution is 2.40. The number of hydrogen-bond acceptors (Lipinski definition) is 6. The molecule has 0 bridgehead atoms. The lowest BCUT2D eigenvalue weighted by atomic mass is 10.0. The Morgan fingerprint density at radius 3 is 2.73 bits per heavy atom. The van der Waals surface area contributed by atoms with Gasteiger partial charge in [-0.1, -0.05) is 48.5 Å². The Kier molecular flexibility index (Phi) is 3.57. The number of thiophene rings is 1. The summed E-state index contributed by atoms with van der Waals surface area (Å²) in [6.07, 6.45) is 3.30. The maximum Gasteiger partial charge on any atom is 0.153 e. The number of amidine groups is 1. The summed E-state index contributed by atoms with van der Waals surface area (Å²) in [5.74, 6) is 0.547. The first kappa shape index (κ1) is 15.3. The molecule has 2 aromatic carbocycles. The van der Waals surface area contributed by atoms with E-state index in [0.717, 1.165) is 0 Å². The number of aliphatic imine (C=N–C) groups is 2. The van der Waals surface area contributed by atoms with Crippen molar-refractivity contribution in [2.75, 3.05) is 0 Å². The molecule has 0 fully saturated rings. The Bertz CT molecular complexity index is 1050. The maximum absolute atomic E-state index is 6.00. The monoisotopic (exact) mass is 359 g/mol. The van der Waals surface area contributed by atoms with E-state index in [1.54, 1.807) is 6.34 Å². The Morgan fingerprint density at radius 2 is 1.85 bits per heavy atom. The second kappa shape index (κ2) is 6.07. The van der Waals surface area contributed by atoms with E-state index >= 15 is 0 Å². The average Bonchev–Trinajstić information content (AvgIpc) is 3.25. The van der Waals surface area contributed by atoms with Crippen molar-refractivity contribution in [3.05, 3.63) is 59.5 Å². The normalized spacial score (nSPS) is 21.2. The lowest BCUT2D eigenvalue weighted by molar-refractivity contribution is 0.216. The van der Waals surface area contributed by atoms with Crippen LogP contribution in [0, 0.1) is 5.92 Å². The number of hydrogen-bond donors (Lipinski definition) is 1.